The smallest absolute Gasteiger partial charge is 0.115 e. The molecule has 0 aliphatic carbocycles. The SMILES string of the molecule is Cc1cnn2c1C(C(C)C)(C(C)C)OCC2(C)C. The molecule has 2 heterocycles. The molecule has 1 aliphatic rings. The molecule has 0 atom stereocenters. The number of fused-ring (bicyclic) bond motifs is 1. The molecule has 0 spiro atoms. The van der Waals surface area contributed by atoms with Crippen molar-refractivity contribution in [1.82, 2.24) is 9.78 Å². The minimum Gasteiger partial charge on any atom is -0.366 e. The average Bonchev–Trinajstić information content (AvgIpc) is 2.62. The van der Waals surface area contributed by atoms with Crippen molar-refractivity contribution < 1.29 is 4.74 Å². The molecular formula is C15H26N2O. The van der Waals surface area contributed by atoms with Crippen LogP contribution in [0.15, 0.2) is 6.20 Å². The van der Waals surface area contributed by atoms with E-state index in [0.717, 1.165) is 6.61 Å². The van der Waals surface area contributed by atoms with E-state index < -0.39 is 0 Å². The average molecular weight is 250 g/mol. The summed E-state index contributed by atoms with van der Waals surface area (Å²) in [5.74, 6) is 0.866. The van der Waals surface area contributed by atoms with Gasteiger partial charge in [0, 0.05) is 0 Å². The lowest BCUT2D eigenvalue weighted by molar-refractivity contribution is -0.167. The van der Waals surface area contributed by atoms with Crippen LogP contribution in [0.5, 0.6) is 0 Å². The van der Waals surface area contributed by atoms with E-state index in [4.69, 9.17) is 4.74 Å². The third-order valence-electron chi connectivity index (χ3n) is 4.28. The summed E-state index contributed by atoms with van der Waals surface area (Å²) in [4.78, 5) is 0. The number of ether oxygens (including phenoxy) is 1. The second kappa shape index (κ2) is 4.09. The van der Waals surface area contributed by atoms with Crippen LogP contribution in [-0.4, -0.2) is 16.4 Å². The largest absolute Gasteiger partial charge is 0.366 e. The van der Waals surface area contributed by atoms with Crippen LogP contribution in [0.2, 0.25) is 0 Å². The summed E-state index contributed by atoms with van der Waals surface area (Å²) in [5.41, 5.74) is 2.24. The number of nitrogens with zero attached hydrogens (tertiary/aromatic N) is 2. The van der Waals surface area contributed by atoms with Crippen molar-refractivity contribution in [2.45, 2.75) is 59.6 Å². The fraction of sp³-hybridized carbons (Fsp3) is 0.800. The van der Waals surface area contributed by atoms with E-state index in [1.165, 1.54) is 11.3 Å². The maximum Gasteiger partial charge on any atom is 0.115 e. The van der Waals surface area contributed by atoms with Gasteiger partial charge >= 0.3 is 0 Å². The Morgan fingerprint density at radius 1 is 1.22 bits per heavy atom. The maximum atomic E-state index is 6.41. The first-order valence-electron chi connectivity index (χ1n) is 6.93. The summed E-state index contributed by atoms with van der Waals surface area (Å²) in [6, 6.07) is 0. The highest BCUT2D eigenvalue weighted by Crippen LogP contribution is 2.47. The van der Waals surface area contributed by atoms with Crippen LogP contribution in [0, 0.1) is 18.8 Å². The van der Waals surface area contributed by atoms with Gasteiger partial charge in [0.25, 0.3) is 0 Å². The Labute approximate surface area is 111 Å². The summed E-state index contributed by atoms with van der Waals surface area (Å²) in [6.45, 7) is 16.2. The molecule has 0 N–H and O–H groups in total. The Morgan fingerprint density at radius 2 is 1.78 bits per heavy atom. The van der Waals surface area contributed by atoms with E-state index in [2.05, 4.69) is 58.2 Å². The van der Waals surface area contributed by atoms with E-state index in [-0.39, 0.29) is 11.1 Å². The first kappa shape index (κ1) is 13.6. The van der Waals surface area contributed by atoms with Crippen LogP contribution < -0.4 is 0 Å². The van der Waals surface area contributed by atoms with Crippen molar-refractivity contribution in [2.24, 2.45) is 11.8 Å². The molecule has 0 saturated carbocycles. The first-order chi connectivity index (χ1) is 8.23. The summed E-state index contributed by atoms with van der Waals surface area (Å²) >= 11 is 0. The Bertz CT molecular complexity index is 435. The molecule has 1 aromatic heterocycles. The summed E-state index contributed by atoms with van der Waals surface area (Å²) < 4.78 is 8.59. The normalized spacial score (nSPS) is 21.4. The number of aromatic nitrogens is 2. The fourth-order valence-electron chi connectivity index (χ4n) is 3.34. The monoisotopic (exact) mass is 250 g/mol. The molecule has 2 rings (SSSR count). The van der Waals surface area contributed by atoms with Crippen molar-refractivity contribution >= 4 is 0 Å². The standard InChI is InChI=1S/C15H26N2O/c1-10(2)15(11(3)4)13-12(5)8-16-17(13)14(6,7)9-18-15/h8,10-11H,9H2,1-7H3. The van der Waals surface area contributed by atoms with Gasteiger partial charge in [0.05, 0.1) is 24.0 Å². The van der Waals surface area contributed by atoms with Gasteiger partial charge in [-0.3, -0.25) is 4.68 Å². The minimum absolute atomic E-state index is 0.0587. The molecule has 1 aliphatic heterocycles. The summed E-state index contributed by atoms with van der Waals surface area (Å²) in [5, 5.41) is 4.61. The van der Waals surface area contributed by atoms with Crippen LogP contribution >= 0.6 is 0 Å². The Hall–Kier alpha value is -0.830. The van der Waals surface area contributed by atoms with Crippen molar-refractivity contribution in [2.75, 3.05) is 6.61 Å². The van der Waals surface area contributed by atoms with Crippen LogP contribution in [0.25, 0.3) is 0 Å². The highest BCUT2D eigenvalue weighted by Gasteiger charge is 2.49. The molecule has 0 aromatic carbocycles. The van der Waals surface area contributed by atoms with Crippen molar-refractivity contribution in [3.05, 3.63) is 17.5 Å². The Morgan fingerprint density at radius 3 is 2.28 bits per heavy atom. The molecule has 0 bridgehead atoms. The number of hydrogen-bond acceptors (Lipinski definition) is 2. The maximum absolute atomic E-state index is 6.41. The molecule has 3 heteroatoms. The molecule has 0 unspecified atom stereocenters. The lowest BCUT2D eigenvalue weighted by atomic mass is 9.74. The quantitative estimate of drug-likeness (QED) is 0.803. The zero-order valence-corrected chi connectivity index (χ0v) is 12.7. The van der Waals surface area contributed by atoms with Crippen LogP contribution in [0.3, 0.4) is 0 Å². The van der Waals surface area contributed by atoms with Gasteiger partial charge in [-0.05, 0) is 38.2 Å². The fourth-order valence-corrected chi connectivity index (χ4v) is 3.34. The number of aryl methyl sites for hydroxylation is 1. The highest BCUT2D eigenvalue weighted by molar-refractivity contribution is 5.28. The van der Waals surface area contributed by atoms with E-state index in [0.29, 0.717) is 11.8 Å². The van der Waals surface area contributed by atoms with E-state index >= 15 is 0 Å². The predicted molar refractivity (Wildman–Crippen MR) is 73.6 cm³/mol. The van der Waals surface area contributed by atoms with Gasteiger partial charge in [-0.1, -0.05) is 27.7 Å². The van der Waals surface area contributed by atoms with Crippen LogP contribution in [-0.2, 0) is 15.9 Å². The number of hydrogen-bond donors (Lipinski definition) is 0. The van der Waals surface area contributed by atoms with Crippen LogP contribution in [0.4, 0.5) is 0 Å². The van der Waals surface area contributed by atoms with Gasteiger partial charge in [0.1, 0.15) is 5.60 Å². The molecule has 0 fully saturated rings. The van der Waals surface area contributed by atoms with E-state index in [1.807, 2.05) is 6.20 Å². The minimum atomic E-state index is -0.212. The van der Waals surface area contributed by atoms with Crippen molar-refractivity contribution in [3.63, 3.8) is 0 Å². The van der Waals surface area contributed by atoms with E-state index in [1.54, 1.807) is 0 Å². The van der Waals surface area contributed by atoms with Gasteiger partial charge in [-0.2, -0.15) is 5.10 Å². The summed E-state index contributed by atoms with van der Waals surface area (Å²) in [6.07, 6.45) is 1.98. The molecule has 1 aromatic rings. The Kier molecular flexibility index (Phi) is 3.09. The highest BCUT2D eigenvalue weighted by atomic mass is 16.5. The van der Waals surface area contributed by atoms with Crippen molar-refractivity contribution in [3.8, 4) is 0 Å². The molecule has 0 saturated heterocycles. The number of rotatable bonds is 2. The van der Waals surface area contributed by atoms with Gasteiger partial charge in [0.15, 0.2) is 0 Å². The van der Waals surface area contributed by atoms with Crippen LogP contribution in [0.1, 0.15) is 52.8 Å². The zero-order valence-electron chi connectivity index (χ0n) is 12.7. The molecule has 0 amide bonds. The molecule has 0 radical (unpaired) electrons. The second-order valence-electron chi connectivity index (χ2n) is 6.79. The van der Waals surface area contributed by atoms with Crippen molar-refractivity contribution in [1.29, 1.82) is 0 Å². The molecule has 102 valence electrons. The third-order valence-corrected chi connectivity index (χ3v) is 4.28. The Balaban J connectivity index is 2.69. The lowest BCUT2D eigenvalue weighted by Crippen LogP contribution is -2.53. The summed E-state index contributed by atoms with van der Waals surface area (Å²) in [7, 11) is 0. The van der Waals surface area contributed by atoms with Gasteiger partial charge in [-0.15, -0.1) is 0 Å². The van der Waals surface area contributed by atoms with E-state index in [9.17, 15) is 0 Å². The first-order valence-corrected chi connectivity index (χ1v) is 6.93. The van der Waals surface area contributed by atoms with Gasteiger partial charge in [-0.25, -0.2) is 0 Å². The zero-order chi connectivity index (χ0) is 13.7. The predicted octanol–water partition coefficient (Wildman–Crippen LogP) is 3.46. The topological polar surface area (TPSA) is 27.1 Å². The van der Waals surface area contributed by atoms with Gasteiger partial charge < -0.3 is 4.74 Å². The second-order valence-corrected chi connectivity index (χ2v) is 6.79. The third kappa shape index (κ3) is 1.63. The lowest BCUT2D eigenvalue weighted by Gasteiger charge is -2.49. The molecule has 18 heavy (non-hydrogen) atoms. The molecular weight excluding hydrogens is 224 g/mol. The van der Waals surface area contributed by atoms with Gasteiger partial charge in [0.2, 0.25) is 0 Å². The molecule has 3 nitrogen and oxygen atoms in total.